The standard InChI is InChI=1S/C22H28N4O3S/c1-12-5-13(2)8-25(7-12)9-16-11-30-22(23-16)24-17(27)10-26-20(28)18-14-3-4-15(6-14)19(18)21(26)29/h3-4,11-15,18-19H,5-10H2,1-2H3,(H,23,24,27). The maximum atomic E-state index is 12.7. The number of likely N-dealkylation sites (tertiary alicyclic amines) is 2. The van der Waals surface area contributed by atoms with Crippen molar-refractivity contribution < 1.29 is 14.4 Å². The van der Waals surface area contributed by atoms with E-state index in [1.807, 2.05) is 5.38 Å². The van der Waals surface area contributed by atoms with Gasteiger partial charge in [0.25, 0.3) is 0 Å². The molecule has 1 aromatic heterocycles. The molecule has 2 aliphatic heterocycles. The molecule has 0 spiro atoms. The molecule has 1 aromatic rings. The molecule has 1 saturated carbocycles. The summed E-state index contributed by atoms with van der Waals surface area (Å²) in [6.45, 7) is 7.27. The summed E-state index contributed by atoms with van der Waals surface area (Å²) in [4.78, 5) is 46.1. The third-order valence-corrected chi connectivity index (χ3v) is 7.80. The molecular weight excluding hydrogens is 400 g/mol. The molecule has 3 heterocycles. The molecule has 160 valence electrons. The van der Waals surface area contributed by atoms with Gasteiger partial charge >= 0.3 is 0 Å². The molecule has 2 bridgehead atoms. The Hall–Kier alpha value is -2.06. The van der Waals surface area contributed by atoms with Gasteiger partial charge in [0.1, 0.15) is 6.54 Å². The summed E-state index contributed by atoms with van der Waals surface area (Å²) in [7, 11) is 0. The predicted octanol–water partition coefficient (Wildman–Crippen LogP) is 2.37. The third-order valence-electron chi connectivity index (χ3n) is 6.99. The van der Waals surface area contributed by atoms with Crippen LogP contribution in [0.25, 0.3) is 0 Å². The van der Waals surface area contributed by atoms with E-state index in [2.05, 4.69) is 41.2 Å². The number of nitrogens with zero attached hydrogens (tertiary/aromatic N) is 3. The van der Waals surface area contributed by atoms with Crippen LogP contribution in [0.15, 0.2) is 17.5 Å². The zero-order valence-electron chi connectivity index (χ0n) is 17.4. The minimum absolute atomic E-state index is 0.159. The van der Waals surface area contributed by atoms with Crippen LogP contribution in [0.4, 0.5) is 5.13 Å². The first-order chi connectivity index (χ1) is 14.4. The maximum Gasteiger partial charge on any atom is 0.246 e. The number of hydrogen-bond acceptors (Lipinski definition) is 6. The molecule has 2 aliphatic carbocycles. The molecule has 4 aliphatic rings. The van der Waals surface area contributed by atoms with Crippen LogP contribution < -0.4 is 5.32 Å². The van der Waals surface area contributed by atoms with Gasteiger partial charge in [0.05, 0.1) is 17.5 Å². The fourth-order valence-corrected chi connectivity index (χ4v) is 6.73. The van der Waals surface area contributed by atoms with Gasteiger partial charge in [0, 0.05) is 25.0 Å². The van der Waals surface area contributed by atoms with E-state index in [9.17, 15) is 14.4 Å². The normalized spacial score (nSPS) is 35.3. The van der Waals surface area contributed by atoms with Gasteiger partial charge in [-0.2, -0.15) is 0 Å². The number of rotatable bonds is 5. The van der Waals surface area contributed by atoms with Crippen LogP contribution in [0.3, 0.4) is 0 Å². The number of allylic oxidation sites excluding steroid dienone is 2. The molecular formula is C22H28N4O3S. The van der Waals surface area contributed by atoms with Crippen LogP contribution in [0, 0.1) is 35.5 Å². The van der Waals surface area contributed by atoms with E-state index >= 15 is 0 Å². The van der Waals surface area contributed by atoms with Crippen molar-refractivity contribution in [1.29, 1.82) is 0 Å². The molecule has 6 unspecified atom stereocenters. The second kappa shape index (κ2) is 7.57. The molecule has 2 saturated heterocycles. The summed E-state index contributed by atoms with van der Waals surface area (Å²) in [6, 6.07) is 0. The van der Waals surface area contributed by atoms with Gasteiger partial charge in [-0.1, -0.05) is 26.0 Å². The number of carbonyl (C=O) groups excluding carboxylic acids is 3. The second-order valence-corrected chi connectivity index (χ2v) is 10.5. The molecule has 0 radical (unpaired) electrons. The van der Waals surface area contributed by atoms with E-state index in [0.29, 0.717) is 17.0 Å². The quantitative estimate of drug-likeness (QED) is 0.575. The van der Waals surface area contributed by atoms with Gasteiger partial charge in [-0.25, -0.2) is 4.98 Å². The summed E-state index contributed by atoms with van der Waals surface area (Å²) in [5.41, 5.74) is 0.946. The van der Waals surface area contributed by atoms with Crippen molar-refractivity contribution in [1.82, 2.24) is 14.8 Å². The summed E-state index contributed by atoms with van der Waals surface area (Å²) in [6.07, 6.45) is 6.27. The molecule has 6 atom stereocenters. The number of fused-ring (bicyclic) bond motifs is 5. The second-order valence-electron chi connectivity index (χ2n) is 9.59. The van der Waals surface area contributed by atoms with Gasteiger partial charge in [0.15, 0.2) is 5.13 Å². The highest BCUT2D eigenvalue weighted by Gasteiger charge is 2.59. The molecule has 3 amide bonds. The van der Waals surface area contributed by atoms with Crippen molar-refractivity contribution in [2.45, 2.75) is 33.2 Å². The molecule has 8 heteroatoms. The molecule has 3 fully saturated rings. The average Bonchev–Trinajstić information content (AvgIpc) is 3.43. The summed E-state index contributed by atoms with van der Waals surface area (Å²) in [5, 5.41) is 5.27. The van der Waals surface area contributed by atoms with E-state index in [1.54, 1.807) is 0 Å². The first kappa shape index (κ1) is 19.9. The summed E-state index contributed by atoms with van der Waals surface area (Å²) in [5.74, 6) is 0.423. The van der Waals surface area contributed by atoms with E-state index in [4.69, 9.17) is 0 Å². The maximum absolute atomic E-state index is 12.7. The highest BCUT2D eigenvalue weighted by Crippen LogP contribution is 2.52. The molecule has 1 N–H and O–H groups in total. The van der Waals surface area contributed by atoms with Crippen molar-refractivity contribution in [3.8, 4) is 0 Å². The Labute approximate surface area is 180 Å². The van der Waals surface area contributed by atoms with Crippen LogP contribution in [0.5, 0.6) is 0 Å². The lowest BCUT2D eigenvalue weighted by molar-refractivity contribution is -0.143. The van der Waals surface area contributed by atoms with E-state index in [0.717, 1.165) is 36.6 Å². The van der Waals surface area contributed by atoms with Crippen LogP contribution >= 0.6 is 11.3 Å². The Balaban J connectivity index is 1.17. The number of nitrogens with one attached hydrogen (secondary N) is 1. The highest BCUT2D eigenvalue weighted by atomic mass is 32.1. The monoisotopic (exact) mass is 428 g/mol. The molecule has 30 heavy (non-hydrogen) atoms. The average molecular weight is 429 g/mol. The van der Waals surface area contributed by atoms with Crippen molar-refractivity contribution >= 4 is 34.2 Å². The minimum atomic E-state index is -0.363. The Morgan fingerprint density at radius 2 is 1.73 bits per heavy atom. The van der Waals surface area contributed by atoms with Gasteiger partial charge < -0.3 is 5.32 Å². The van der Waals surface area contributed by atoms with E-state index < -0.39 is 0 Å². The van der Waals surface area contributed by atoms with E-state index in [1.165, 1.54) is 17.8 Å². The Bertz CT molecular complexity index is 872. The van der Waals surface area contributed by atoms with Gasteiger partial charge in [0.2, 0.25) is 17.7 Å². The largest absolute Gasteiger partial charge is 0.300 e. The van der Waals surface area contributed by atoms with Crippen molar-refractivity contribution in [3.63, 3.8) is 0 Å². The fraction of sp³-hybridized carbons (Fsp3) is 0.636. The summed E-state index contributed by atoms with van der Waals surface area (Å²) < 4.78 is 0. The number of anilines is 1. The number of hydrogen-bond donors (Lipinski definition) is 1. The smallest absolute Gasteiger partial charge is 0.246 e. The number of aromatic nitrogens is 1. The first-order valence-electron chi connectivity index (χ1n) is 10.9. The zero-order chi connectivity index (χ0) is 21.0. The SMILES string of the molecule is CC1CC(C)CN(Cc2csc(NC(=O)CN3C(=O)C4C5C=CC(C5)C4C3=O)n2)C1. The zero-order valence-corrected chi connectivity index (χ0v) is 18.2. The van der Waals surface area contributed by atoms with Crippen molar-refractivity contribution in [3.05, 3.63) is 23.2 Å². The van der Waals surface area contributed by atoms with E-state index in [-0.39, 0.29) is 47.9 Å². The Morgan fingerprint density at radius 1 is 1.10 bits per heavy atom. The molecule has 7 nitrogen and oxygen atoms in total. The number of imide groups is 1. The van der Waals surface area contributed by atoms with Crippen molar-refractivity contribution in [2.24, 2.45) is 35.5 Å². The predicted molar refractivity (Wildman–Crippen MR) is 113 cm³/mol. The lowest BCUT2D eigenvalue weighted by Gasteiger charge is -2.34. The van der Waals surface area contributed by atoms with Crippen LogP contribution in [0.2, 0.25) is 0 Å². The number of thiazole rings is 1. The third kappa shape index (κ3) is 3.50. The molecule has 5 rings (SSSR count). The van der Waals surface area contributed by atoms with Gasteiger partial charge in [-0.05, 0) is 36.5 Å². The molecule has 0 aromatic carbocycles. The topological polar surface area (TPSA) is 82.6 Å². The highest BCUT2D eigenvalue weighted by molar-refractivity contribution is 7.13. The number of carbonyl (C=O) groups is 3. The fourth-order valence-electron chi connectivity index (χ4n) is 6.01. The number of amides is 3. The van der Waals surface area contributed by atoms with Crippen LogP contribution in [-0.4, -0.2) is 52.1 Å². The van der Waals surface area contributed by atoms with Gasteiger partial charge in [-0.3, -0.25) is 24.2 Å². The summed E-state index contributed by atoms with van der Waals surface area (Å²) >= 11 is 1.39. The van der Waals surface area contributed by atoms with Gasteiger partial charge in [-0.15, -0.1) is 11.3 Å². The Kier molecular flexibility index (Phi) is 5.01. The number of piperidine rings is 1. The van der Waals surface area contributed by atoms with Crippen molar-refractivity contribution in [2.75, 3.05) is 25.0 Å². The lowest BCUT2D eigenvalue weighted by Crippen LogP contribution is -2.39. The lowest BCUT2D eigenvalue weighted by atomic mass is 9.85. The first-order valence-corrected chi connectivity index (χ1v) is 11.8. The van der Waals surface area contributed by atoms with Crippen LogP contribution in [0.1, 0.15) is 32.4 Å². The Morgan fingerprint density at radius 3 is 2.37 bits per heavy atom. The van der Waals surface area contributed by atoms with Crippen LogP contribution in [-0.2, 0) is 20.9 Å². The minimum Gasteiger partial charge on any atom is -0.300 e.